The summed E-state index contributed by atoms with van der Waals surface area (Å²) in [5.74, 6) is -0.680. The van der Waals surface area contributed by atoms with Crippen LogP contribution in [0.4, 0.5) is 0 Å². The quantitative estimate of drug-likeness (QED) is 0.728. The van der Waals surface area contributed by atoms with Crippen LogP contribution in [0.2, 0.25) is 0 Å². The topological polar surface area (TPSA) is 40.5 Å². The van der Waals surface area contributed by atoms with Gasteiger partial charge in [-0.2, -0.15) is 0 Å². The van der Waals surface area contributed by atoms with Crippen LogP contribution >= 0.6 is 0 Å². The van der Waals surface area contributed by atoms with Crippen LogP contribution in [0.1, 0.15) is 40.0 Å². The first-order valence-corrected chi connectivity index (χ1v) is 4.90. The van der Waals surface area contributed by atoms with Crippen molar-refractivity contribution >= 4 is 5.97 Å². The zero-order valence-corrected chi connectivity index (χ0v) is 8.71. The molecule has 0 aromatic carbocycles. The molecular weight excluding hydrogens is 166 g/mol. The largest absolute Gasteiger partial charge is 0.481 e. The third kappa shape index (κ3) is 2.69. The van der Waals surface area contributed by atoms with Crippen molar-refractivity contribution in [3.05, 3.63) is 0 Å². The first kappa shape index (κ1) is 10.5. The summed E-state index contributed by atoms with van der Waals surface area (Å²) in [6, 6.07) is 0.496. The number of aliphatic carboxylic acids is 1. The summed E-state index contributed by atoms with van der Waals surface area (Å²) in [5, 5.41) is 8.55. The van der Waals surface area contributed by atoms with Crippen molar-refractivity contribution in [2.24, 2.45) is 0 Å². The molecule has 0 aromatic heterocycles. The van der Waals surface area contributed by atoms with E-state index >= 15 is 0 Å². The third-order valence-corrected chi connectivity index (χ3v) is 2.70. The summed E-state index contributed by atoms with van der Waals surface area (Å²) < 4.78 is 0. The van der Waals surface area contributed by atoms with E-state index in [1.54, 1.807) is 0 Å². The van der Waals surface area contributed by atoms with Crippen LogP contribution in [0.3, 0.4) is 0 Å². The molecule has 0 aromatic rings. The molecule has 1 fully saturated rings. The molecule has 0 aliphatic carbocycles. The lowest BCUT2D eigenvalue weighted by Crippen LogP contribution is -2.57. The van der Waals surface area contributed by atoms with Crippen molar-refractivity contribution in [3.8, 4) is 0 Å². The fourth-order valence-corrected chi connectivity index (χ4v) is 1.91. The lowest BCUT2D eigenvalue weighted by molar-refractivity contribution is -0.138. The van der Waals surface area contributed by atoms with Gasteiger partial charge < -0.3 is 5.11 Å². The number of hydrogen-bond acceptors (Lipinski definition) is 2. The molecular formula is C10H19NO2. The Labute approximate surface area is 79.7 Å². The molecule has 3 nitrogen and oxygen atoms in total. The maximum absolute atomic E-state index is 10.4. The SMILES string of the molecule is CC(C)(C)N1CCC1CCC(=O)O. The number of carbonyl (C=O) groups is 1. The Morgan fingerprint density at radius 1 is 1.54 bits per heavy atom. The van der Waals surface area contributed by atoms with Crippen molar-refractivity contribution in [1.29, 1.82) is 0 Å². The molecule has 76 valence electrons. The van der Waals surface area contributed by atoms with Crippen LogP contribution in [0.25, 0.3) is 0 Å². The molecule has 0 saturated carbocycles. The minimum Gasteiger partial charge on any atom is -0.481 e. The van der Waals surface area contributed by atoms with E-state index in [4.69, 9.17) is 5.11 Å². The second-order valence-corrected chi connectivity index (χ2v) is 4.74. The Hall–Kier alpha value is -0.570. The van der Waals surface area contributed by atoms with Crippen LogP contribution in [0, 0.1) is 0 Å². The molecule has 0 amide bonds. The Morgan fingerprint density at radius 3 is 2.46 bits per heavy atom. The summed E-state index contributed by atoms with van der Waals surface area (Å²) in [6.07, 6.45) is 2.26. The molecule has 1 aliphatic heterocycles. The van der Waals surface area contributed by atoms with Crippen molar-refractivity contribution in [3.63, 3.8) is 0 Å². The fourth-order valence-electron chi connectivity index (χ4n) is 1.91. The summed E-state index contributed by atoms with van der Waals surface area (Å²) in [7, 11) is 0. The predicted molar refractivity (Wildman–Crippen MR) is 51.7 cm³/mol. The lowest BCUT2D eigenvalue weighted by Gasteiger charge is -2.49. The molecule has 13 heavy (non-hydrogen) atoms. The molecule has 0 radical (unpaired) electrons. The number of hydrogen-bond donors (Lipinski definition) is 1. The average Bonchev–Trinajstić information content (AvgIpc) is 1.79. The Balaban J connectivity index is 2.33. The zero-order chi connectivity index (χ0) is 10.1. The van der Waals surface area contributed by atoms with E-state index in [0.717, 1.165) is 19.4 Å². The van der Waals surface area contributed by atoms with E-state index in [9.17, 15) is 4.79 Å². The molecule has 3 heteroatoms. The zero-order valence-electron chi connectivity index (χ0n) is 8.71. The molecule has 1 N–H and O–H groups in total. The van der Waals surface area contributed by atoms with E-state index in [-0.39, 0.29) is 5.54 Å². The van der Waals surface area contributed by atoms with Crippen LogP contribution in [0.15, 0.2) is 0 Å². The monoisotopic (exact) mass is 185 g/mol. The van der Waals surface area contributed by atoms with Crippen molar-refractivity contribution < 1.29 is 9.90 Å². The number of carboxylic acids is 1. The van der Waals surface area contributed by atoms with Gasteiger partial charge >= 0.3 is 5.97 Å². The summed E-state index contributed by atoms with van der Waals surface area (Å²) in [5.41, 5.74) is 0.196. The molecule has 0 spiro atoms. The molecule has 1 aliphatic rings. The predicted octanol–water partition coefficient (Wildman–Crippen LogP) is 1.72. The van der Waals surface area contributed by atoms with Crippen LogP contribution in [-0.4, -0.2) is 34.1 Å². The maximum Gasteiger partial charge on any atom is 0.303 e. The highest BCUT2D eigenvalue weighted by molar-refractivity contribution is 5.66. The summed E-state index contributed by atoms with van der Waals surface area (Å²) >= 11 is 0. The third-order valence-electron chi connectivity index (χ3n) is 2.70. The number of likely N-dealkylation sites (tertiary alicyclic amines) is 1. The van der Waals surface area contributed by atoms with Crippen molar-refractivity contribution in [2.75, 3.05) is 6.54 Å². The van der Waals surface area contributed by atoms with E-state index in [0.29, 0.717) is 12.5 Å². The van der Waals surface area contributed by atoms with Gasteiger partial charge in [-0.3, -0.25) is 9.69 Å². The standard InChI is InChI=1S/C10H19NO2/c1-10(2,3)11-7-6-8(11)4-5-9(12)13/h8H,4-7H2,1-3H3,(H,12,13). The first-order valence-electron chi connectivity index (χ1n) is 4.90. The Bertz CT molecular complexity index is 196. The molecule has 1 rings (SSSR count). The summed E-state index contributed by atoms with van der Waals surface area (Å²) in [6.45, 7) is 7.66. The molecule has 1 unspecified atom stereocenters. The second-order valence-electron chi connectivity index (χ2n) is 4.74. The van der Waals surface area contributed by atoms with Gasteiger partial charge in [0.2, 0.25) is 0 Å². The van der Waals surface area contributed by atoms with E-state index in [1.165, 1.54) is 0 Å². The van der Waals surface area contributed by atoms with E-state index in [1.807, 2.05) is 0 Å². The number of nitrogens with zero attached hydrogens (tertiary/aromatic N) is 1. The van der Waals surface area contributed by atoms with Crippen LogP contribution < -0.4 is 0 Å². The van der Waals surface area contributed by atoms with Crippen molar-refractivity contribution in [1.82, 2.24) is 4.90 Å². The smallest absolute Gasteiger partial charge is 0.303 e. The minimum absolute atomic E-state index is 0.196. The number of rotatable bonds is 3. The van der Waals surface area contributed by atoms with E-state index < -0.39 is 5.97 Å². The first-order chi connectivity index (χ1) is 5.91. The average molecular weight is 185 g/mol. The molecule has 0 bridgehead atoms. The Kier molecular flexibility index (Phi) is 2.96. The lowest BCUT2D eigenvalue weighted by atomic mass is 9.90. The van der Waals surface area contributed by atoms with Gasteiger partial charge in [-0.1, -0.05) is 0 Å². The van der Waals surface area contributed by atoms with Crippen LogP contribution in [-0.2, 0) is 4.79 Å². The maximum atomic E-state index is 10.4. The Morgan fingerprint density at radius 2 is 2.15 bits per heavy atom. The highest BCUT2D eigenvalue weighted by Crippen LogP contribution is 2.29. The van der Waals surface area contributed by atoms with Crippen molar-refractivity contribution in [2.45, 2.75) is 51.6 Å². The highest BCUT2D eigenvalue weighted by Gasteiger charge is 2.35. The van der Waals surface area contributed by atoms with E-state index in [2.05, 4.69) is 25.7 Å². The van der Waals surface area contributed by atoms with Gasteiger partial charge in [0.05, 0.1) is 0 Å². The number of carboxylic acid groups (broad SMARTS) is 1. The van der Waals surface area contributed by atoms with Gasteiger partial charge in [-0.05, 0) is 33.6 Å². The van der Waals surface area contributed by atoms with Gasteiger partial charge in [0.15, 0.2) is 0 Å². The second kappa shape index (κ2) is 3.66. The van der Waals surface area contributed by atoms with Gasteiger partial charge in [0.25, 0.3) is 0 Å². The highest BCUT2D eigenvalue weighted by atomic mass is 16.4. The van der Waals surface area contributed by atoms with Gasteiger partial charge in [-0.15, -0.1) is 0 Å². The normalized spacial score (nSPS) is 24.1. The molecule has 1 atom stereocenters. The fraction of sp³-hybridized carbons (Fsp3) is 0.900. The van der Waals surface area contributed by atoms with Gasteiger partial charge in [0, 0.05) is 24.5 Å². The van der Waals surface area contributed by atoms with Gasteiger partial charge in [-0.25, -0.2) is 0 Å². The van der Waals surface area contributed by atoms with Crippen LogP contribution in [0.5, 0.6) is 0 Å². The minimum atomic E-state index is -0.680. The molecule has 1 heterocycles. The van der Waals surface area contributed by atoms with Gasteiger partial charge in [0.1, 0.15) is 0 Å². The molecule has 1 saturated heterocycles. The summed E-state index contributed by atoms with van der Waals surface area (Å²) in [4.78, 5) is 12.8.